The molecule has 2 bridgehead atoms. The van der Waals surface area contributed by atoms with E-state index in [1.807, 2.05) is 29.7 Å². The maximum absolute atomic E-state index is 16.3. The third-order valence-corrected chi connectivity index (χ3v) is 17.4. The monoisotopic (exact) mass is 943 g/mol. The van der Waals surface area contributed by atoms with Gasteiger partial charge in [-0.1, -0.05) is 12.1 Å². The van der Waals surface area contributed by atoms with Gasteiger partial charge in [0.25, 0.3) is 10.0 Å². The van der Waals surface area contributed by atoms with Crippen LogP contribution in [-0.4, -0.2) is 87.5 Å². The average Bonchev–Trinajstić information content (AvgIpc) is 3.73. The molecule has 3 aliphatic heterocycles. The molecule has 0 radical (unpaired) electrons. The molecule has 68 heavy (non-hydrogen) atoms. The van der Waals surface area contributed by atoms with Gasteiger partial charge in [-0.15, -0.1) is 0 Å². The number of sulfonamides is 1. The number of nitrogens with one attached hydrogen (secondary N) is 1. The highest BCUT2D eigenvalue weighted by Gasteiger charge is 2.60. The first-order valence-corrected chi connectivity index (χ1v) is 24.6. The number of rotatable bonds is 8. The molecule has 17 nitrogen and oxygen atoms in total. The maximum Gasteiger partial charge on any atom is 0.438 e. The quantitative estimate of drug-likeness (QED) is 0.184. The number of fused-ring (bicyclic) bond motifs is 6. The fraction of sp³-hybridized carbons (Fsp3) is 0.396. The van der Waals surface area contributed by atoms with E-state index in [0.717, 1.165) is 25.1 Å². The molecule has 2 aliphatic carbocycles. The van der Waals surface area contributed by atoms with Gasteiger partial charge in [0.15, 0.2) is 16.7 Å². The lowest BCUT2D eigenvalue weighted by Crippen LogP contribution is -2.50. The summed E-state index contributed by atoms with van der Waals surface area (Å²) in [7, 11) is -2.73. The van der Waals surface area contributed by atoms with Crippen molar-refractivity contribution in [2.45, 2.75) is 94.0 Å². The number of piperidine rings is 1. The molecule has 4 fully saturated rings. The van der Waals surface area contributed by atoms with Crippen LogP contribution >= 0.6 is 0 Å². The molecule has 2 saturated carbocycles. The molecule has 1 N–H and O–H groups in total. The Bertz CT molecular complexity index is 3660. The molecule has 3 aromatic carbocycles. The van der Waals surface area contributed by atoms with Gasteiger partial charge in [-0.05, 0) is 118 Å². The fourth-order valence-corrected chi connectivity index (χ4v) is 13.9. The summed E-state index contributed by atoms with van der Waals surface area (Å²) < 4.78 is 84.1. The number of nitrogens with zero attached hydrogens (tertiary/aromatic N) is 10. The number of hydrogen-bond acceptors (Lipinski definition) is 10. The Hall–Kier alpha value is -6.64. The summed E-state index contributed by atoms with van der Waals surface area (Å²) >= 11 is 0. The van der Waals surface area contributed by atoms with Gasteiger partial charge < -0.3 is 14.2 Å². The van der Waals surface area contributed by atoms with Crippen LogP contribution in [0, 0.1) is 31.4 Å². The third-order valence-electron chi connectivity index (χ3n) is 15.4. The van der Waals surface area contributed by atoms with Crippen LogP contribution in [0.25, 0.3) is 39.0 Å². The molecule has 0 amide bonds. The number of imidazole rings is 1. The van der Waals surface area contributed by atoms with E-state index in [4.69, 9.17) is 14.4 Å². The van der Waals surface area contributed by atoms with Crippen molar-refractivity contribution in [3.63, 3.8) is 0 Å². The number of H-pyrrole nitrogens is 1. The molecule has 8 heterocycles. The van der Waals surface area contributed by atoms with Crippen molar-refractivity contribution in [2.24, 2.45) is 13.0 Å². The maximum atomic E-state index is 16.3. The Labute approximate surface area is 387 Å². The number of aryl methyl sites for hydroxylation is 3. The molecule has 5 aromatic heterocycles. The molecule has 350 valence electrons. The van der Waals surface area contributed by atoms with Crippen LogP contribution in [0.4, 0.5) is 14.5 Å². The van der Waals surface area contributed by atoms with Crippen molar-refractivity contribution >= 4 is 37.5 Å². The van der Waals surface area contributed by atoms with E-state index in [0.29, 0.717) is 83.3 Å². The molecule has 2 saturated heterocycles. The highest BCUT2D eigenvalue weighted by molar-refractivity contribution is 7.89. The lowest BCUT2D eigenvalue weighted by atomic mass is 9.85. The Morgan fingerprint density at radius 3 is 2.43 bits per heavy atom. The number of anilines is 1. The van der Waals surface area contributed by atoms with Crippen LogP contribution in [0.5, 0.6) is 0 Å². The standard InChI is InChI=1S/C48H47F2N11O6S/c1-26-18-32(19-27(2)41(26)49)60-43(58-15-14-57(46(58)63)38-11-10-36-33(42(38)50)24-51-55(36)4)40-34(53-60)22-31-6-5-7-37(40)61(31)68(64,65)39-21-29-20-30(56-16-17-66-47(25-56)12-13-47)8-9-35(29)59(39)48(23-28(48)3)44-52-45(62)67-54-44/h8-11,14-15,18-21,24,28,31,37H,5-7,12-13,16-17,22-23,25H2,1-4H3,(H,52,54,62)/t28-,31+,37-,48-/m0/s1. The van der Waals surface area contributed by atoms with Crippen molar-refractivity contribution in [3.8, 4) is 17.2 Å². The van der Waals surface area contributed by atoms with Gasteiger partial charge in [-0.2, -0.15) is 14.5 Å². The summed E-state index contributed by atoms with van der Waals surface area (Å²) in [4.78, 5) is 32.4. The van der Waals surface area contributed by atoms with E-state index >= 15 is 17.2 Å². The van der Waals surface area contributed by atoms with Crippen LogP contribution in [-0.2, 0) is 33.8 Å². The average molecular weight is 944 g/mol. The minimum absolute atomic E-state index is 0.0120. The number of aromatic nitrogens is 9. The molecule has 13 rings (SSSR count). The Morgan fingerprint density at radius 1 is 0.926 bits per heavy atom. The van der Waals surface area contributed by atoms with Crippen LogP contribution in [0.1, 0.15) is 79.7 Å². The summed E-state index contributed by atoms with van der Waals surface area (Å²) in [5.74, 6) is -1.34. The van der Waals surface area contributed by atoms with Gasteiger partial charge >= 0.3 is 11.4 Å². The van der Waals surface area contributed by atoms with E-state index in [2.05, 4.69) is 20.1 Å². The van der Waals surface area contributed by atoms with Crippen molar-refractivity contribution < 1.29 is 26.5 Å². The third kappa shape index (κ3) is 5.82. The SMILES string of the molecule is Cc1cc(-n2nc3c(c2-n2ccn(-c4ccc5c(cnn5C)c4F)c2=O)[C@@H]2CCC[C@H](C3)N2S(=O)(=O)c2cc3cc(N4CCOC5(CC5)C4)ccc3n2[C@@]2(c3noc(=O)[nH]3)C[C@@H]2C)cc(C)c1F. The van der Waals surface area contributed by atoms with Crippen LogP contribution in [0.15, 0.2) is 86.3 Å². The molecule has 5 aliphatic rings. The fourth-order valence-electron chi connectivity index (χ4n) is 11.8. The zero-order chi connectivity index (χ0) is 46.8. The van der Waals surface area contributed by atoms with Crippen LogP contribution in [0.2, 0.25) is 0 Å². The van der Waals surface area contributed by atoms with E-state index in [1.165, 1.54) is 33.8 Å². The van der Waals surface area contributed by atoms with E-state index < -0.39 is 44.9 Å². The smallest absolute Gasteiger partial charge is 0.371 e. The largest absolute Gasteiger partial charge is 0.438 e. The zero-order valence-electron chi connectivity index (χ0n) is 37.7. The van der Waals surface area contributed by atoms with Crippen molar-refractivity contribution in [1.82, 2.24) is 47.7 Å². The predicted octanol–water partition coefficient (Wildman–Crippen LogP) is 6.22. The number of ether oxygens (including phenoxy) is 1. The van der Waals surface area contributed by atoms with E-state index in [-0.39, 0.29) is 51.5 Å². The molecule has 1 spiro atoms. The molecule has 8 aromatic rings. The second-order valence-electron chi connectivity index (χ2n) is 19.5. The van der Waals surface area contributed by atoms with Crippen molar-refractivity contribution in [2.75, 3.05) is 24.6 Å². The summed E-state index contributed by atoms with van der Waals surface area (Å²) in [6.07, 6.45) is 8.82. The highest BCUT2D eigenvalue weighted by atomic mass is 32.2. The van der Waals surface area contributed by atoms with E-state index in [1.54, 1.807) is 58.8 Å². The molecule has 20 heteroatoms. The lowest BCUT2D eigenvalue weighted by Gasteiger charge is -2.44. The highest BCUT2D eigenvalue weighted by Crippen LogP contribution is 2.57. The first kappa shape index (κ1) is 41.5. The minimum Gasteiger partial charge on any atom is -0.371 e. The molecule has 4 atom stereocenters. The lowest BCUT2D eigenvalue weighted by molar-refractivity contribution is 0.0206. The number of aromatic amines is 1. The van der Waals surface area contributed by atoms with Gasteiger partial charge in [-0.3, -0.25) is 23.3 Å². The van der Waals surface area contributed by atoms with Gasteiger partial charge in [-0.25, -0.2) is 31.5 Å². The second-order valence-corrected chi connectivity index (χ2v) is 21.3. The normalized spacial score (nSPS) is 23.3. The molecular weight excluding hydrogens is 897 g/mol. The van der Waals surface area contributed by atoms with Gasteiger partial charge in [0.1, 0.15) is 17.2 Å². The Morgan fingerprint density at radius 2 is 1.69 bits per heavy atom. The van der Waals surface area contributed by atoms with Gasteiger partial charge in [0.05, 0.1) is 57.9 Å². The predicted molar refractivity (Wildman–Crippen MR) is 245 cm³/mol. The first-order chi connectivity index (χ1) is 32.7. The first-order valence-electron chi connectivity index (χ1n) is 23.1. The van der Waals surface area contributed by atoms with Gasteiger partial charge in [0, 0.05) is 61.6 Å². The number of halogens is 2. The topological polar surface area (TPSA) is 176 Å². The van der Waals surface area contributed by atoms with Crippen LogP contribution < -0.4 is 16.3 Å². The zero-order valence-corrected chi connectivity index (χ0v) is 38.6. The second kappa shape index (κ2) is 14.2. The summed E-state index contributed by atoms with van der Waals surface area (Å²) in [6.45, 7) is 7.37. The van der Waals surface area contributed by atoms with Crippen molar-refractivity contribution in [1.29, 1.82) is 0 Å². The Balaban J connectivity index is 0.997. The number of benzene rings is 3. The minimum atomic E-state index is -4.44. The summed E-state index contributed by atoms with van der Waals surface area (Å²) in [5.41, 5.74) is 2.76. The Kier molecular flexibility index (Phi) is 8.68. The molecular formula is C48H47F2N11O6S. The van der Waals surface area contributed by atoms with Gasteiger partial charge in [0.2, 0.25) is 0 Å². The molecule has 0 unspecified atom stereocenters. The number of hydrogen-bond donors (Lipinski definition) is 1. The summed E-state index contributed by atoms with van der Waals surface area (Å²) in [6, 6.07) is 13.0. The number of morpholine rings is 1. The van der Waals surface area contributed by atoms with Crippen LogP contribution in [0.3, 0.4) is 0 Å². The van der Waals surface area contributed by atoms with Crippen molar-refractivity contribution in [3.05, 3.63) is 128 Å². The van der Waals surface area contributed by atoms with E-state index in [9.17, 15) is 9.59 Å². The summed E-state index contributed by atoms with van der Waals surface area (Å²) in [5, 5.41) is 14.5.